The van der Waals surface area contributed by atoms with E-state index < -0.39 is 0 Å². The zero-order valence-electron chi connectivity index (χ0n) is 12.9. The number of thiocarbonyl (C=S) groups is 1. The first-order chi connectivity index (χ1) is 11.2. The summed E-state index contributed by atoms with van der Waals surface area (Å²) in [5.41, 5.74) is 6.54. The van der Waals surface area contributed by atoms with Crippen LogP contribution in [-0.2, 0) is 19.3 Å². The van der Waals surface area contributed by atoms with Gasteiger partial charge in [0.1, 0.15) is 0 Å². The lowest BCUT2D eigenvalue weighted by atomic mass is 10.1. The Morgan fingerprint density at radius 3 is 2.87 bits per heavy atom. The van der Waals surface area contributed by atoms with Crippen molar-refractivity contribution in [1.82, 2.24) is 5.32 Å². The van der Waals surface area contributed by atoms with Gasteiger partial charge in [0.2, 0.25) is 0 Å². The van der Waals surface area contributed by atoms with Crippen molar-refractivity contribution >= 4 is 34.6 Å². The molecule has 0 fully saturated rings. The van der Waals surface area contributed by atoms with Gasteiger partial charge in [-0.05, 0) is 84.8 Å². The zero-order valence-corrected chi connectivity index (χ0v) is 14.4. The van der Waals surface area contributed by atoms with Gasteiger partial charge in [0, 0.05) is 10.7 Å². The fraction of sp³-hybridized carbons (Fsp3) is 0.316. The highest BCUT2D eigenvalue weighted by Crippen LogP contribution is 2.35. The molecule has 4 rings (SSSR count). The Morgan fingerprint density at radius 1 is 1.09 bits per heavy atom. The Kier molecular flexibility index (Phi) is 4.00. The minimum Gasteiger partial charge on any atom is -0.356 e. The predicted molar refractivity (Wildman–Crippen MR) is 100 cm³/mol. The molecule has 4 heteroatoms. The van der Waals surface area contributed by atoms with E-state index in [1.807, 2.05) is 12.1 Å². The molecule has 0 aromatic heterocycles. The Bertz CT molecular complexity index is 772. The maximum atomic E-state index is 6.28. The molecule has 1 unspecified atom stereocenters. The molecule has 0 saturated carbocycles. The lowest BCUT2D eigenvalue weighted by molar-refractivity contribution is 0.644. The number of benzene rings is 2. The monoisotopic (exact) mass is 342 g/mol. The highest BCUT2D eigenvalue weighted by Gasteiger charge is 2.24. The first-order valence-electron chi connectivity index (χ1n) is 8.17. The van der Waals surface area contributed by atoms with Crippen LogP contribution in [0.3, 0.4) is 0 Å². The van der Waals surface area contributed by atoms with Crippen molar-refractivity contribution in [2.75, 3.05) is 5.32 Å². The molecule has 118 valence electrons. The van der Waals surface area contributed by atoms with Crippen LogP contribution in [0, 0.1) is 0 Å². The third-order valence-electron chi connectivity index (χ3n) is 4.88. The van der Waals surface area contributed by atoms with Gasteiger partial charge in [-0.1, -0.05) is 29.8 Å². The molecule has 2 N–H and O–H groups in total. The summed E-state index contributed by atoms with van der Waals surface area (Å²) in [6.45, 7) is 0. The summed E-state index contributed by atoms with van der Waals surface area (Å²) in [5.74, 6) is 0. The van der Waals surface area contributed by atoms with E-state index in [0.29, 0.717) is 5.11 Å². The van der Waals surface area contributed by atoms with E-state index >= 15 is 0 Å². The number of hydrogen-bond donors (Lipinski definition) is 2. The summed E-state index contributed by atoms with van der Waals surface area (Å²) in [6.07, 6.45) is 5.69. The third kappa shape index (κ3) is 2.96. The summed E-state index contributed by atoms with van der Waals surface area (Å²) >= 11 is 11.8. The molecular formula is C19H19ClN2S. The maximum absolute atomic E-state index is 6.28. The molecule has 0 heterocycles. The van der Waals surface area contributed by atoms with Crippen molar-refractivity contribution in [3.05, 3.63) is 63.7 Å². The van der Waals surface area contributed by atoms with Crippen LogP contribution < -0.4 is 10.6 Å². The van der Waals surface area contributed by atoms with Crippen LogP contribution in [-0.4, -0.2) is 5.11 Å². The first kappa shape index (κ1) is 15.0. The summed E-state index contributed by atoms with van der Waals surface area (Å²) in [6, 6.07) is 12.9. The van der Waals surface area contributed by atoms with E-state index in [1.54, 1.807) is 0 Å². The topological polar surface area (TPSA) is 24.1 Å². The zero-order chi connectivity index (χ0) is 15.8. The van der Waals surface area contributed by atoms with Gasteiger partial charge in [-0.2, -0.15) is 0 Å². The molecule has 23 heavy (non-hydrogen) atoms. The second-order valence-corrected chi connectivity index (χ2v) is 7.15. The van der Waals surface area contributed by atoms with Crippen LogP contribution in [0.15, 0.2) is 36.4 Å². The molecule has 0 radical (unpaired) electrons. The van der Waals surface area contributed by atoms with Crippen LogP contribution in [0.25, 0.3) is 0 Å². The minimum atomic E-state index is 0.248. The molecule has 2 aliphatic carbocycles. The quantitative estimate of drug-likeness (QED) is 0.766. The second-order valence-electron chi connectivity index (χ2n) is 6.33. The van der Waals surface area contributed by atoms with Crippen LogP contribution in [0.2, 0.25) is 5.02 Å². The summed E-state index contributed by atoms with van der Waals surface area (Å²) < 4.78 is 0. The second kappa shape index (κ2) is 6.14. The lowest BCUT2D eigenvalue weighted by Crippen LogP contribution is -2.31. The summed E-state index contributed by atoms with van der Waals surface area (Å²) in [5, 5.41) is 8.32. The number of anilines is 1. The van der Waals surface area contributed by atoms with E-state index in [1.165, 1.54) is 41.5 Å². The van der Waals surface area contributed by atoms with Gasteiger partial charge < -0.3 is 10.6 Å². The number of hydrogen-bond acceptors (Lipinski definition) is 1. The summed E-state index contributed by atoms with van der Waals surface area (Å²) in [7, 11) is 0. The van der Waals surface area contributed by atoms with E-state index in [2.05, 4.69) is 34.9 Å². The van der Waals surface area contributed by atoms with Crippen molar-refractivity contribution in [3.63, 3.8) is 0 Å². The maximum Gasteiger partial charge on any atom is 0.171 e. The number of fused-ring (bicyclic) bond motifs is 2. The summed E-state index contributed by atoms with van der Waals surface area (Å²) in [4.78, 5) is 0. The fourth-order valence-electron chi connectivity index (χ4n) is 3.73. The van der Waals surface area contributed by atoms with Gasteiger partial charge in [0.25, 0.3) is 0 Å². The molecule has 0 bridgehead atoms. The van der Waals surface area contributed by atoms with Crippen molar-refractivity contribution in [1.29, 1.82) is 0 Å². The predicted octanol–water partition coefficient (Wildman–Crippen LogP) is 4.80. The molecule has 2 aromatic rings. The van der Waals surface area contributed by atoms with Crippen molar-refractivity contribution in [2.24, 2.45) is 0 Å². The normalized spacial score (nSPS) is 18.4. The number of rotatable bonds is 2. The van der Waals surface area contributed by atoms with Crippen LogP contribution in [0.4, 0.5) is 5.69 Å². The van der Waals surface area contributed by atoms with Crippen molar-refractivity contribution in [2.45, 2.75) is 38.1 Å². The molecule has 1 atom stereocenters. The molecular weight excluding hydrogens is 324 g/mol. The van der Waals surface area contributed by atoms with Gasteiger partial charge in [-0.15, -0.1) is 0 Å². The SMILES string of the molecule is S=C(Nc1ccc2c(c1)CCC2)NC1CCc2c(Cl)cccc21. The Hall–Kier alpha value is -1.58. The van der Waals surface area contributed by atoms with E-state index in [0.717, 1.165) is 23.6 Å². The van der Waals surface area contributed by atoms with Crippen LogP contribution in [0.1, 0.15) is 41.1 Å². The Morgan fingerprint density at radius 2 is 1.96 bits per heavy atom. The van der Waals surface area contributed by atoms with E-state index in [9.17, 15) is 0 Å². The van der Waals surface area contributed by atoms with Gasteiger partial charge in [0.15, 0.2) is 5.11 Å². The van der Waals surface area contributed by atoms with Crippen LogP contribution in [0.5, 0.6) is 0 Å². The molecule has 0 spiro atoms. The fourth-order valence-corrected chi connectivity index (χ4v) is 4.27. The first-order valence-corrected chi connectivity index (χ1v) is 8.96. The van der Waals surface area contributed by atoms with E-state index in [4.69, 9.17) is 23.8 Å². The molecule has 2 aliphatic rings. The van der Waals surface area contributed by atoms with E-state index in [-0.39, 0.29) is 6.04 Å². The van der Waals surface area contributed by atoms with Crippen LogP contribution >= 0.6 is 23.8 Å². The highest BCUT2D eigenvalue weighted by molar-refractivity contribution is 7.80. The molecule has 2 aromatic carbocycles. The van der Waals surface area contributed by atoms with Crippen molar-refractivity contribution < 1.29 is 0 Å². The van der Waals surface area contributed by atoms with Crippen molar-refractivity contribution in [3.8, 4) is 0 Å². The van der Waals surface area contributed by atoms with Gasteiger partial charge in [0.05, 0.1) is 6.04 Å². The highest BCUT2D eigenvalue weighted by atomic mass is 35.5. The number of halogens is 1. The molecule has 0 saturated heterocycles. The van der Waals surface area contributed by atoms with Gasteiger partial charge in [-0.3, -0.25) is 0 Å². The molecule has 0 aliphatic heterocycles. The minimum absolute atomic E-state index is 0.248. The lowest BCUT2D eigenvalue weighted by Gasteiger charge is -2.18. The smallest absolute Gasteiger partial charge is 0.171 e. The Labute approximate surface area is 147 Å². The largest absolute Gasteiger partial charge is 0.356 e. The standard InChI is InChI=1S/C19H19ClN2S/c20-17-6-2-5-16-15(17)9-10-18(16)22-19(23)21-14-8-7-12-3-1-4-13(12)11-14/h2,5-8,11,18H,1,3-4,9-10H2,(H2,21,22,23). The average molecular weight is 343 g/mol. The Balaban J connectivity index is 1.45. The van der Waals surface area contributed by atoms with Gasteiger partial charge in [-0.25, -0.2) is 0 Å². The molecule has 0 amide bonds. The number of nitrogens with one attached hydrogen (secondary N) is 2. The molecule has 2 nitrogen and oxygen atoms in total. The third-order valence-corrected chi connectivity index (χ3v) is 5.45. The average Bonchev–Trinajstić information content (AvgIpc) is 3.15. The number of aryl methyl sites for hydroxylation is 2. The van der Waals surface area contributed by atoms with Gasteiger partial charge >= 0.3 is 0 Å².